The maximum Gasteiger partial charge on any atom is 0.126 e. The summed E-state index contributed by atoms with van der Waals surface area (Å²) in [6.07, 6.45) is 2.00. The monoisotopic (exact) mass is 223 g/mol. The molecule has 0 heterocycles. The first-order valence-electron chi connectivity index (χ1n) is 5.88. The molecule has 0 fully saturated rings. The fraction of sp³-hybridized carbons (Fsp3) is 0.571. The molecule has 0 saturated carbocycles. The van der Waals surface area contributed by atoms with Crippen LogP contribution in [0.4, 0.5) is 4.39 Å². The van der Waals surface area contributed by atoms with Crippen LogP contribution >= 0.6 is 0 Å². The molecule has 2 heteroatoms. The zero-order valence-electron chi connectivity index (χ0n) is 10.5. The topological polar surface area (TPSA) is 26.0 Å². The molecule has 1 rings (SSSR count). The van der Waals surface area contributed by atoms with Crippen LogP contribution in [0.2, 0.25) is 0 Å². The zero-order valence-corrected chi connectivity index (χ0v) is 10.5. The lowest BCUT2D eigenvalue weighted by Crippen LogP contribution is -2.16. The Morgan fingerprint density at radius 1 is 1.25 bits per heavy atom. The number of hydrogen-bond acceptors (Lipinski definition) is 1. The molecule has 0 aliphatic carbocycles. The summed E-state index contributed by atoms with van der Waals surface area (Å²) < 4.78 is 13.6. The SMILES string of the molecule is CC(C)(C)CCC(CN)c1ccccc1F. The van der Waals surface area contributed by atoms with Gasteiger partial charge >= 0.3 is 0 Å². The van der Waals surface area contributed by atoms with Crippen molar-refractivity contribution in [3.05, 3.63) is 35.6 Å². The minimum Gasteiger partial charge on any atom is -0.330 e. The quantitative estimate of drug-likeness (QED) is 0.827. The van der Waals surface area contributed by atoms with E-state index in [1.54, 1.807) is 6.07 Å². The molecule has 1 nitrogen and oxygen atoms in total. The maximum atomic E-state index is 13.6. The van der Waals surface area contributed by atoms with Crippen molar-refractivity contribution in [3.63, 3.8) is 0 Å². The fourth-order valence-corrected chi connectivity index (χ4v) is 1.81. The van der Waals surface area contributed by atoms with Crippen LogP contribution in [-0.2, 0) is 0 Å². The van der Waals surface area contributed by atoms with Gasteiger partial charge in [0.2, 0.25) is 0 Å². The Morgan fingerprint density at radius 3 is 2.38 bits per heavy atom. The summed E-state index contributed by atoms with van der Waals surface area (Å²) in [7, 11) is 0. The standard InChI is InChI=1S/C14H22FN/c1-14(2,3)9-8-11(10-16)12-6-4-5-7-13(12)15/h4-7,11H,8-10,16H2,1-3H3. The van der Waals surface area contributed by atoms with Crippen molar-refractivity contribution in [2.75, 3.05) is 6.54 Å². The van der Waals surface area contributed by atoms with Gasteiger partial charge in [0.15, 0.2) is 0 Å². The van der Waals surface area contributed by atoms with E-state index < -0.39 is 0 Å². The van der Waals surface area contributed by atoms with Crippen molar-refractivity contribution in [2.45, 2.75) is 39.5 Å². The summed E-state index contributed by atoms with van der Waals surface area (Å²) in [5.41, 5.74) is 6.77. The van der Waals surface area contributed by atoms with Gasteiger partial charge in [-0.25, -0.2) is 4.39 Å². The minimum absolute atomic E-state index is 0.133. The third-order valence-corrected chi connectivity index (χ3v) is 2.87. The van der Waals surface area contributed by atoms with Gasteiger partial charge in [-0.1, -0.05) is 39.0 Å². The molecule has 1 aromatic carbocycles. The van der Waals surface area contributed by atoms with Crippen molar-refractivity contribution in [2.24, 2.45) is 11.1 Å². The van der Waals surface area contributed by atoms with Crippen LogP contribution in [0.3, 0.4) is 0 Å². The van der Waals surface area contributed by atoms with Crippen LogP contribution in [0.25, 0.3) is 0 Å². The van der Waals surface area contributed by atoms with E-state index in [1.807, 2.05) is 12.1 Å². The van der Waals surface area contributed by atoms with E-state index in [2.05, 4.69) is 20.8 Å². The van der Waals surface area contributed by atoms with Crippen molar-refractivity contribution >= 4 is 0 Å². The van der Waals surface area contributed by atoms with Gasteiger partial charge in [-0.15, -0.1) is 0 Å². The highest BCUT2D eigenvalue weighted by molar-refractivity contribution is 5.22. The van der Waals surface area contributed by atoms with Crippen LogP contribution < -0.4 is 5.73 Å². The Morgan fingerprint density at radius 2 is 1.88 bits per heavy atom. The number of nitrogens with two attached hydrogens (primary N) is 1. The highest BCUT2D eigenvalue weighted by Gasteiger charge is 2.17. The number of rotatable bonds is 4. The number of halogens is 1. The Balaban J connectivity index is 2.72. The summed E-state index contributed by atoms with van der Waals surface area (Å²) in [6, 6.07) is 6.94. The molecule has 2 N–H and O–H groups in total. The molecule has 0 aliphatic heterocycles. The van der Waals surface area contributed by atoms with Crippen molar-refractivity contribution in [1.29, 1.82) is 0 Å². The first-order valence-corrected chi connectivity index (χ1v) is 5.88. The first kappa shape index (κ1) is 13.2. The molecule has 0 spiro atoms. The molecular weight excluding hydrogens is 201 g/mol. The lowest BCUT2D eigenvalue weighted by Gasteiger charge is -2.22. The van der Waals surface area contributed by atoms with Gasteiger partial charge in [0.05, 0.1) is 0 Å². The van der Waals surface area contributed by atoms with E-state index in [4.69, 9.17) is 5.73 Å². The molecule has 16 heavy (non-hydrogen) atoms. The first-order chi connectivity index (χ1) is 7.44. The second-order valence-corrected chi connectivity index (χ2v) is 5.55. The predicted octanol–water partition coefficient (Wildman–Crippen LogP) is 3.69. The van der Waals surface area contributed by atoms with Gasteiger partial charge in [0.1, 0.15) is 5.82 Å². The van der Waals surface area contributed by atoms with Crippen molar-refractivity contribution in [1.82, 2.24) is 0 Å². The smallest absolute Gasteiger partial charge is 0.126 e. The van der Waals surface area contributed by atoms with E-state index in [-0.39, 0.29) is 17.2 Å². The van der Waals surface area contributed by atoms with Crippen LogP contribution in [0.5, 0.6) is 0 Å². The van der Waals surface area contributed by atoms with Crippen molar-refractivity contribution in [3.8, 4) is 0 Å². The van der Waals surface area contributed by atoms with Crippen LogP contribution in [-0.4, -0.2) is 6.54 Å². The Bertz CT molecular complexity index is 328. The van der Waals surface area contributed by atoms with E-state index in [9.17, 15) is 4.39 Å². The largest absolute Gasteiger partial charge is 0.330 e. The summed E-state index contributed by atoms with van der Waals surface area (Å²) in [5, 5.41) is 0. The van der Waals surface area contributed by atoms with E-state index in [0.717, 1.165) is 18.4 Å². The summed E-state index contributed by atoms with van der Waals surface area (Å²) in [6.45, 7) is 7.10. The van der Waals surface area contributed by atoms with Gasteiger partial charge in [0, 0.05) is 0 Å². The van der Waals surface area contributed by atoms with E-state index >= 15 is 0 Å². The maximum absolute atomic E-state index is 13.6. The molecule has 0 saturated heterocycles. The Hall–Kier alpha value is -0.890. The molecule has 90 valence electrons. The van der Waals surface area contributed by atoms with Crippen LogP contribution in [0.1, 0.15) is 45.1 Å². The molecule has 1 atom stereocenters. The summed E-state index contributed by atoms with van der Waals surface area (Å²) in [4.78, 5) is 0. The molecule has 0 amide bonds. The molecule has 0 radical (unpaired) electrons. The van der Waals surface area contributed by atoms with Gasteiger partial charge in [-0.05, 0) is 42.3 Å². The number of benzene rings is 1. The average Bonchev–Trinajstić information content (AvgIpc) is 2.20. The predicted molar refractivity (Wildman–Crippen MR) is 66.9 cm³/mol. The van der Waals surface area contributed by atoms with Gasteiger partial charge < -0.3 is 5.73 Å². The normalized spacial score (nSPS) is 13.8. The fourth-order valence-electron chi connectivity index (χ4n) is 1.81. The molecule has 1 unspecified atom stereocenters. The second-order valence-electron chi connectivity index (χ2n) is 5.55. The molecule has 1 aromatic rings. The average molecular weight is 223 g/mol. The van der Waals surface area contributed by atoms with E-state index in [1.165, 1.54) is 6.07 Å². The number of hydrogen-bond donors (Lipinski definition) is 1. The lowest BCUT2D eigenvalue weighted by molar-refractivity contribution is 0.347. The third-order valence-electron chi connectivity index (χ3n) is 2.87. The van der Waals surface area contributed by atoms with Gasteiger partial charge in [-0.2, -0.15) is 0 Å². The Kier molecular flexibility index (Phi) is 4.48. The van der Waals surface area contributed by atoms with E-state index in [0.29, 0.717) is 6.54 Å². The minimum atomic E-state index is -0.133. The third kappa shape index (κ3) is 3.93. The zero-order chi connectivity index (χ0) is 12.2. The molecular formula is C14H22FN. The van der Waals surface area contributed by atoms with Gasteiger partial charge in [0.25, 0.3) is 0 Å². The second kappa shape index (κ2) is 5.44. The molecule has 0 bridgehead atoms. The molecule has 0 aliphatic rings. The lowest BCUT2D eigenvalue weighted by atomic mass is 9.84. The van der Waals surface area contributed by atoms with Crippen molar-refractivity contribution < 1.29 is 4.39 Å². The van der Waals surface area contributed by atoms with Gasteiger partial charge in [-0.3, -0.25) is 0 Å². The summed E-state index contributed by atoms with van der Waals surface area (Å²) in [5.74, 6) is 0.00674. The Labute approximate surface area is 97.9 Å². The van der Waals surface area contributed by atoms with Crippen LogP contribution in [0.15, 0.2) is 24.3 Å². The highest BCUT2D eigenvalue weighted by Crippen LogP contribution is 2.29. The molecule has 0 aromatic heterocycles. The highest BCUT2D eigenvalue weighted by atomic mass is 19.1. The summed E-state index contributed by atoms with van der Waals surface area (Å²) >= 11 is 0. The van der Waals surface area contributed by atoms with Crippen LogP contribution in [0, 0.1) is 11.2 Å².